The SMILES string of the molecule is C#Cc1c(I)c2cc(C(=O)OC)c3cccc(C)c3c2c2c(C)cccc12. The fourth-order valence-electron chi connectivity index (χ4n) is 3.97. The lowest BCUT2D eigenvalue weighted by Gasteiger charge is -2.17. The Balaban J connectivity index is 2.45. The number of esters is 1. The molecule has 0 heterocycles. The van der Waals surface area contributed by atoms with Crippen LogP contribution in [0.3, 0.4) is 0 Å². The summed E-state index contributed by atoms with van der Waals surface area (Å²) in [6, 6.07) is 14.2. The Morgan fingerprint density at radius 1 is 0.963 bits per heavy atom. The van der Waals surface area contributed by atoms with Crippen molar-refractivity contribution in [2.45, 2.75) is 13.8 Å². The third-order valence-corrected chi connectivity index (χ3v) is 6.29. The Morgan fingerprint density at radius 3 is 2.15 bits per heavy atom. The first kappa shape index (κ1) is 17.8. The number of rotatable bonds is 1. The van der Waals surface area contributed by atoms with Gasteiger partial charge in [0.05, 0.1) is 12.7 Å². The van der Waals surface area contributed by atoms with Gasteiger partial charge in [0, 0.05) is 9.13 Å². The zero-order valence-electron chi connectivity index (χ0n) is 15.3. The Labute approximate surface area is 171 Å². The smallest absolute Gasteiger partial charge is 0.338 e. The van der Waals surface area contributed by atoms with Crippen LogP contribution in [0.2, 0.25) is 0 Å². The second-order valence-electron chi connectivity index (χ2n) is 6.67. The standard InChI is InChI=1S/C24H17IO2/c1-5-15-16-10-6-8-13(2)20(16)22-19(23(15)25)12-18(24(26)27-4)17-11-7-9-14(3)21(17)22/h1,6-12H,2-4H3. The highest BCUT2D eigenvalue weighted by molar-refractivity contribution is 14.1. The number of carbonyl (C=O) groups is 1. The number of carbonyl (C=O) groups excluding carboxylic acids is 1. The highest BCUT2D eigenvalue weighted by Crippen LogP contribution is 2.41. The third kappa shape index (κ3) is 2.51. The van der Waals surface area contributed by atoms with Crippen molar-refractivity contribution >= 4 is 60.9 Å². The van der Waals surface area contributed by atoms with E-state index in [1.165, 1.54) is 12.7 Å². The van der Waals surface area contributed by atoms with E-state index in [2.05, 4.69) is 60.6 Å². The molecule has 0 aliphatic carbocycles. The number of aryl methyl sites for hydroxylation is 2. The van der Waals surface area contributed by atoms with E-state index in [1.807, 2.05) is 24.3 Å². The number of hydrogen-bond acceptors (Lipinski definition) is 2. The van der Waals surface area contributed by atoms with Gasteiger partial charge in [-0.25, -0.2) is 4.79 Å². The van der Waals surface area contributed by atoms with Crippen LogP contribution < -0.4 is 0 Å². The third-order valence-electron chi connectivity index (χ3n) is 5.17. The highest BCUT2D eigenvalue weighted by atomic mass is 127. The van der Waals surface area contributed by atoms with Gasteiger partial charge in [-0.15, -0.1) is 6.42 Å². The van der Waals surface area contributed by atoms with Crippen LogP contribution in [-0.4, -0.2) is 13.1 Å². The van der Waals surface area contributed by atoms with E-state index < -0.39 is 0 Å². The largest absolute Gasteiger partial charge is 0.465 e. The summed E-state index contributed by atoms with van der Waals surface area (Å²) in [5.41, 5.74) is 3.72. The number of fused-ring (bicyclic) bond motifs is 5. The van der Waals surface area contributed by atoms with E-state index in [0.29, 0.717) is 5.56 Å². The first-order valence-electron chi connectivity index (χ1n) is 8.61. The number of hydrogen-bond donors (Lipinski definition) is 0. The maximum absolute atomic E-state index is 12.5. The van der Waals surface area contributed by atoms with E-state index in [-0.39, 0.29) is 5.97 Å². The molecule has 4 rings (SSSR count). The molecule has 0 atom stereocenters. The summed E-state index contributed by atoms with van der Waals surface area (Å²) in [5, 5.41) is 6.35. The minimum atomic E-state index is -0.338. The van der Waals surface area contributed by atoms with Crippen molar-refractivity contribution in [3.8, 4) is 12.3 Å². The van der Waals surface area contributed by atoms with E-state index in [1.54, 1.807) is 0 Å². The highest BCUT2D eigenvalue weighted by Gasteiger charge is 2.20. The van der Waals surface area contributed by atoms with Crippen LogP contribution in [-0.2, 0) is 4.74 Å². The zero-order chi connectivity index (χ0) is 19.3. The van der Waals surface area contributed by atoms with Crippen molar-refractivity contribution in [3.05, 3.63) is 68.3 Å². The minimum Gasteiger partial charge on any atom is -0.465 e. The molecule has 0 unspecified atom stereocenters. The van der Waals surface area contributed by atoms with E-state index in [9.17, 15) is 4.79 Å². The fourth-order valence-corrected chi connectivity index (χ4v) is 4.84. The summed E-state index contributed by atoms with van der Waals surface area (Å²) >= 11 is 2.30. The van der Waals surface area contributed by atoms with Crippen LogP contribution in [0.25, 0.3) is 32.3 Å². The lowest BCUT2D eigenvalue weighted by molar-refractivity contribution is 0.0603. The molecule has 0 saturated carbocycles. The first-order valence-corrected chi connectivity index (χ1v) is 9.69. The van der Waals surface area contributed by atoms with Crippen molar-refractivity contribution < 1.29 is 9.53 Å². The van der Waals surface area contributed by atoms with Gasteiger partial charge in [-0.3, -0.25) is 0 Å². The first-order chi connectivity index (χ1) is 13.0. The summed E-state index contributed by atoms with van der Waals surface area (Å²) < 4.78 is 6.04. The Bertz CT molecular complexity index is 1310. The maximum atomic E-state index is 12.5. The van der Waals surface area contributed by atoms with Crippen LogP contribution in [0, 0.1) is 29.8 Å². The molecule has 0 saturated heterocycles. The zero-order valence-corrected chi connectivity index (χ0v) is 17.5. The normalized spacial score (nSPS) is 11.1. The maximum Gasteiger partial charge on any atom is 0.338 e. The Morgan fingerprint density at radius 2 is 1.56 bits per heavy atom. The van der Waals surface area contributed by atoms with Crippen molar-refractivity contribution in [2.75, 3.05) is 7.11 Å². The number of ether oxygens (including phenoxy) is 1. The molecule has 4 aromatic carbocycles. The fraction of sp³-hybridized carbons (Fsp3) is 0.125. The number of terminal acetylenes is 1. The average molecular weight is 464 g/mol. The van der Waals surface area contributed by atoms with Gasteiger partial charge < -0.3 is 4.74 Å². The molecule has 0 spiro atoms. The van der Waals surface area contributed by atoms with Crippen molar-refractivity contribution in [3.63, 3.8) is 0 Å². The molecule has 4 aromatic rings. The molecule has 0 bridgehead atoms. The van der Waals surface area contributed by atoms with Gasteiger partial charge in [-0.05, 0) is 85.9 Å². The predicted octanol–water partition coefficient (Wildman–Crippen LogP) is 6.14. The van der Waals surface area contributed by atoms with Gasteiger partial charge in [0.2, 0.25) is 0 Å². The van der Waals surface area contributed by atoms with Crippen LogP contribution >= 0.6 is 22.6 Å². The number of methoxy groups -OCH3 is 1. The van der Waals surface area contributed by atoms with Gasteiger partial charge in [-0.2, -0.15) is 0 Å². The summed E-state index contributed by atoms with van der Waals surface area (Å²) in [5.74, 6) is 2.52. The lowest BCUT2D eigenvalue weighted by atomic mass is 9.88. The molecule has 0 fully saturated rings. The minimum absolute atomic E-state index is 0.338. The quantitative estimate of drug-likeness (QED) is 0.147. The molecule has 0 aromatic heterocycles. The predicted molar refractivity (Wildman–Crippen MR) is 120 cm³/mol. The lowest BCUT2D eigenvalue weighted by Crippen LogP contribution is -2.04. The molecule has 0 aliphatic rings. The van der Waals surface area contributed by atoms with Crippen LogP contribution in [0.5, 0.6) is 0 Å². The van der Waals surface area contributed by atoms with Crippen molar-refractivity contribution in [2.24, 2.45) is 0 Å². The van der Waals surface area contributed by atoms with Gasteiger partial charge in [0.25, 0.3) is 0 Å². The van der Waals surface area contributed by atoms with Crippen molar-refractivity contribution in [1.29, 1.82) is 0 Å². The van der Waals surface area contributed by atoms with Gasteiger partial charge in [-0.1, -0.05) is 42.3 Å². The Hall–Kier alpha value is -2.58. The molecule has 0 amide bonds. The molecule has 27 heavy (non-hydrogen) atoms. The Kier molecular flexibility index (Phi) is 4.32. The van der Waals surface area contributed by atoms with Crippen LogP contribution in [0.15, 0.2) is 42.5 Å². The monoisotopic (exact) mass is 464 g/mol. The van der Waals surface area contributed by atoms with Gasteiger partial charge in [0.1, 0.15) is 0 Å². The van der Waals surface area contributed by atoms with E-state index >= 15 is 0 Å². The van der Waals surface area contributed by atoms with Crippen LogP contribution in [0.1, 0.15) is 27.0 Å². The van der Waals surface area contributed by atoms with Crippen molar-refractivity contribution in [1.82, 2.24) is 0 Å². The van der Waals surface area contributed by atoms with Crippen LogP contribution in [0.4, 0.5) is 0 Å². The molecular formula is C24H17IO2. The van der Waals surface area contributed by atoms with Gasteiger partial charge in [0.15, 0.2) is 0 Å². The summed E-state index contributed by atoms with van der Waals surface area (Å²) in [4.78, 5) is 12.5. The molecule has 132 valence electrons. The molecule has 2 nitrogen and oxygen atoms in total. The molecule has 0 N–H and O–H groups in total. The second-order valence-corrected chi connectivity index (χ2v) is 7.75. The average Bonchev–Trinajstić information content (AvgIpc) is 2.67. The summed E-state index contributed by atoms with van der Waals surface area (Å²) in [6.45, 7) is 4.18. The number of halogens is 1. The number of benzene rings is 4. The molecule has 0 aliphatic heterocycles. The second kappa shape index (κ2) is 6.54. The molecular weight excluding hydrogens is 447 g/mol. The van der Waals surface area contributed by atoms with E-state index in [4.69, 9.17) is 11.2 Å². The van der Waals surface area contributed by atoms with Gasteiger partial charge >= 0.3 is 5.97 Å². The summed E-state index contributed by atoms with van der Waals surface area (Å²) in [7, 11) is 1.41. The molecule has 3 heteroatoms. The summed E-state index contributed by atoms with van der Waals surface area (Å²) in [6.07, 6.45) is 5.88. The topological polar surface area (TPSA) is 26.3 Å². The van der Waals surface area contributed by atoms with E-state index in [0.717, 1.165) is 47.0 Å². The molecule has 0 radical (unpaired) electrons.